The van der Waals surface area contributed by atoms with Crippen LogP contribution in [0.1, 0.15) is 43.1 Å². The van der Waals surface area contributed by atoms with E-state index < -0.39 is 11.4 Å². The monoisotopic (exact) mass is 415 g/mol. The minimum absolute atomic E-state index is 0.130. The lowest BCUT2D eigenvalue weighted by molar-refractivity contribution is -0.120. The van der Waals surface area contributed by atoms with E-state index in [2.05, 4.69) is 15.1 Å². The van der Waals surface area contributed by atoms with Gasteiger partial charge in [0.25, 0.3) is 0 Å². The molecule has 3 aromatic heterocycles. The average Bonchev–Trinajstić information content (AvgIpc) is 3.36. The summed E-state index contributed by atoms with van der Waals surface area (Å²) in [6.07, 6.45) is 4.69. The Hall–Kier alpha value is -2.68. The number of nitrogens with zero attached hydrogens (tertiary/aromatic N) is 5. The number of carbonyl (C=O) groups excluding carboxylic acids is 1. The van der Waals surface area contributed by atoms with Crippen molar-refractivity contribution >= 4 is 27.2 Å². The van der Waals surface area contributed by atoms with Crippen LogP contribution in [0, 0.1) is 12.7 Å². The standard InChI is InChI=1S/C20H22FN5O2S/c1-3-14-17(21)18(28)26-19(23-14)29-20(24-26)25-10-4-5-15(25)16(27)7-6-13-11-12(2)8-9-22-13/h8-9,11,15H,3-7,10H2,1-2H3/t15-/m1/s1. The zero-order valence-corrected chi connectivity index (χ0v) is 17.2. The third-order valence-corrected chi connectivity index (χ3v) is 6.16. The SMILES string of the molecule is CCc1nc2sc(N3CCC[C@@H]3C(=O)CCc3cc(C)ccn3)nn2c(=O)c1F. The lowest BCUT2D eigenvalue weighted by atomic mass is 10.0. The van der Waals surface area contributed by atoms with Gasteiger partial charge in [0.15, 0.2) is 5.78 Å². The minimum atomic E-state index is -0.860. The number of rotatable bonds is 6. The maximum Gasteiger partial charge on any atom is 0.311 e. The summed E-state index contributed by atoms with van der Waals surface area (Å²) in [6.45, 7) is 4.43. The van der Waals surface area contributed by atoms with Crippen LogP contribution < -0.4 is 10.5 Å². The normalized spacial score (nSPS) is 16.7. The highest BCUT2D eigenvalue weighted by Gasteiger charge is 2.33. The lowest BCUT2D eigenvalue weighted by Gasteiger charge is -2.22. The number of aromatic nitrogens is 4. The largest absolute Gasteiger partial charge is 0.337 e. The van der Waals surface area contributed by atoms with E-state index >= 15 is 0 Å². The predicted octanol–water partition coefficient (Wildman–Crippen LogP) is 2.73. The van der Waals surface area contributed by atoms with E-state index in [1.807, 2.05) is 24.0 Å². The Kier molecular flexibility index (Phi) is 5.40. The molecule has 4 heterocycles. The van der Waals surface area contributed by atoms with Crippen molar-refractivity contribution < 1.29 is 9.18 Å². The fourth-order valence-corrected chi connectivity index (χ4v) is 4.68. The predicted molar refractivity (Wildman–Crippen MR) is 109 cm³/mol. The van der Waals surface area contributed by atoms with Gasteiger partial charge in [-0.1, -0.05) is 18.3 Å². The molecule has 0 spiro atoms. The molecule has 1 aliphatic rings. The first-order valence-electron chi connectivity index (χ1n) is 9.77. The van der Waals surface area contributed by atoms with E-state index in [0.717, 1.165) is 28.6 Å². The summed E-state index contributed by atoms with van der Waals surface area (Å²) in [6, 6.07) is 3.64. The van der Waals surface area contributed by atoms with Crippen molar-refractivity contribution in [1.29, 1.82) is 0 Å². The Morgan fingerprint density at radius 3 is 3.00 bits per heavy atom. The highest BCUT2D eigenvalue weighted by molar-refractivity contribution is 7.20. The first-order chi connectivity index (χ1) is 14.0. The fraction of sp³-hybridized carbons (Fsp3) is 0.450. The second kappa shape index (κ2) is 7.98. The third-order valence-electron chi connectivity index (χ3n) is 5.22. The number of pyridine rings is 1. The van der Waals surface area contributed by atoms with Gasteiger partial charge in [0.05, 0.1) is 11.7 Å². The minimum Gasteiger partial charge on any atom is -0.337 e. The Labute approximate surface area is 171 Å². The molecule has 29 heavy (non-hydrogen) atoms. The summed E-state index contributed by atoms with van der Waals surface area (Å²) in [4.78, 5) is 35.9. The van der Waals surface area contributed by atoms with Crippen LogP contribution in [-0.2, 0) is 17.6 Å². The molecule has 7 nitrogen and oxygen atoms in total. The molecule has 1 fully saturated rings. The third kappa shape index (κ3) is 3.78. The van der Waals surface area contributed by atoms with E-state index in [1.165, 1.54) is 11.3 Å². The molecule has 0 bridgehead atoms. The van der Waals surface area contributed by atoms with Gasteiger partial charge in [-0.05, 0) is 50.3 Å². The zero-order chi connectivity index (χ0) is 20.5. The van der Waals surface area contributed by atoms with Gasteiger partial charge in [-0.3, -0.25) is 14.6 Å². The van der Waals surface area contributed by atoms with Crippen LogP contribution in [0.5, 0.6) is 0 Å². The number of halogens is 1. The van der Waals surface area contributed by atoms with Crippen molar-refractivity contribution in [2.24, 2.45) is 0 Å². The number of anilines is 1. The topological polar surface area (TPSA) is 80.5 Å². The molecule has 3 aromatic rings. The molecule has 0 radical (unpaired) electrons. The molecular weight excluding hydrogens is 393 g/mol. The Bertz CT molecular complexity index is 1130. The summed E-state index contributed by atoms with van der Waals surface area (Å²) in [7, 11) is 0. The van der Waals surface area contributed by atoms with E-state index in [0.29, 0.717) is 35.9 Å². The molecule has 1 aliphatic heterocycles. The molecule has 0 saturated carbocycles. The summed E-state index contributed by atoms with van der Waals surface area (Å²) in [5.74, 6) is -0.729. The Morgan fingerprint density at radius 1 is 1.41 bits per heavy atom. The van der Waals surface area contributed by atoms with Crippen molar-refractivity contribution in [1.82, 2.24) is 19.6 Å². The molecule has 152 valence electrons. The van der Waals surface area contributed by atoms with Gasteiger partial charge < -0.3 is 4.90 Å². The maximum absolute atomic E-state index is 14.1. The quantitative estimate of drug-likeness (QED) is 0.616. The molecule has 9 heteroatoms. The van der Waals surface area contributed by atoms with Crippen LogP contribution in [0.25, 0.3) is 4.96 Å². The van der Waals surface area contributed by atoms with Crippen molar-refractivity contribution in [3.05, 3.63) is 51.5 Å². The van der Waals surface area contributed by atoms with Gasteiger partial charge in [-0.15, -0.1) is 5.10 Å². The number of Topliss-reactive ketones (excluding diaryl/α,β-unsaturated/α-hetero) is 1. The van der Waals surface area contributed by atoms with Crippen molar-refractivity contribution in [2.45, 2.75) is 52.0 Å². The molecule has 4 rings (SSSR count). The number of ketones is 1. The van der Waals surface area contributed by atoms with E-state index in [-0.39, 0.29) is 17.5 Å². The number of fused-ring (bicyclic) bond motifs is 1. The van der Waals surface area contributed by atoms with E-state index in [9.17, 15) is 14.0 Å². The molecule has 0 aromatic carbocycles. The van der Waals surface area contributed by atoms with E-state index in [4.69, 9.17) is 0 Å². The van der Waals surface area contributed by atoms with Gasteiger partial charge in [0, 0.05) is 24.9 Å². The number of carbonyl (C=O) groups is 1. The zero-order valence-electron chi connectivity index (χ0n) is 16.4. The number of aryl methyl sites for hydroxylation is 3. The maximum atomic E-state index is 14.1. The van der Waals surface area contributed by atoms with Gasteiger partial charge in [0.1, 0.15) is 0 Å². The highest BCUT2D eigenvalue weighted by atomic mass is 32.1. The highest BCUT2D eigenvalue weighted by Crippen LogP contribution is 2.30. The Morgan fingerprint density at radius 2 is 2.24 bits per heavy atom. The van der Waals surface area contributed by atoms with Crippen molar-refractivity contribution in [3.63, 3.8) is 0 Å². The van der Waals surface area contributed by atoms with Crippen LogP contribution in [0.3, 0.4) is 0 Å². The first-order valence-corrected chi connectivity index (χ1v) is 10.6. The second-order valence-corrected chi connectivity index (χ2v) is 8.19. The van der Waals surface area contributed by atoms with Crippen LogP contribution >= 0.6 is 11.3 Å². The van der Waals surface area contributed by atoms with Gasteiger partial charge in [-0.2, -0.15) is 8.91 Å². The second-order valence-electron chi connectivity index (χ2n) is 7.25. The van der Waals surface area contributed by atoms with Gasteiger partial charge in [0.2, 0.25) is 15.9 Å². The molecule has 0 aliphatic carbocycles. The Balaban J connectivity index is 1.55. The van der Waals surface area contributed by atoms with Crippen LogP contribution in [-0.4, -0.2) is 38.0 Å². The van der Waals surface area contributed by atoms with Gasteiger partial charge in [-0.25, -0.2) is 4.98 Å². The lowest BCUT2D eigenvalue weighted by Crippen LogP contribution is -2.36. The molecular formula is C20H22FN5O2S. The summed E-state index contributed by atoms with van der Waals surface area (Å²) in [5, 5.41) is 4.81. The van der Waals surface area contributed by atoms with Crippen LogP contribution in [0.4, 0.5) is 9.52 Å². The first kappa shape index (κ1) is 19.6. The molecule has 0 N–H and O–H groups in total. The number of hydrogen-bond acceptors (Lipinski definition) is 7. The molecule has 1 atom stereocenters. The van der Waals surface area contributed by atoms with Crippen molar-refractivity contribution in [2.75, 3.05) is 11.4 Å². The van der Waals surface area contributed by atoms with Crippen molar-refractivity contribution in [3.8, 4) is 0 Å². The summed E-state index contributed by atoms with van der Waals surface area (Å²) >= 11 is 1.22. The fourth-order valence-electron chi connectivity index (χ4n) is 3.69. The van der Waals surface area contributed by atoms with Crippen LogP contribution in [0.15, 0.2) is 23.1 Å². The van der Waals surface area contributed by atoms with Gasteiger partial charge >= 0.3 is 5.56 Å². The molecule has 1 saturated heterocycles. The molecule has 0 amide bonds. The molecule has 0 unspecified atom stereocenters. The smallest absolute Gasteiger partial charge is 0.311 e. The van der Waals surface area contributed by atoms with Crippen LogP contribution in [0.2, 0.25) is 0 Å². The summed E-state index contributed by atoms with van der Waals surface area (Å²) in [5.41, 5.74) is 1.38. The number of hydrogen-bond donors (Lipinski definition) is 0. The summed E-state index contributed by atoms with van der Waals surface area (Å²) < 4.78 is 15.1. The average molecular weight is 415 g/mol. The van der Waals surface area contributed by atoms with E-state index in [1.54, 1.807) is 13.1 Å².